The van der Waals surface area contributed by atoms with Crippen molar-refractivity contribution in [2.75, 3.05) is 34.0 Å². The number of carbonyl (C=O) groups is 2. The molecule has 14 nitrogen and oxygen atoms in total. The Morgan fingerprint density at radius 1 is 0.688 bits per heavy atom. The number of aliphatic hydroxyl groups is 6. The standard InChI is InChI=1S/C33H40N2O12S/c1-44-20-10-19(11-21(12-20)45-2)31(43)34-25-22(13-36)23(14-37)46-32(28(25)40)48-33-29(41)26(27(39)24(15-38)47-33)35-30(42)18-8-7-16-5-3-4-6-17(16)9-18/h3-12,22-29,32-33,36-41H,13-15H2,1-2H3,(H,34,43)(H,35,42)/t22-,23?,24?,25?,26?,27-,28?,29?,32-,33-/m0/s1. The van der Waals surface area contributed by atoms with Gasteiger partial charge in [0.2, 0.25) is 0 Å². The highest BCUT2D eigenvalue weighted by atomic mass is 32.2. The maximum Gasteiger partial charge on any atom is 0.251 e. The van der Waals surface area contributed by atoms with E-state index in [4.69, 9.17) is 18.9 Å². The van der Waals surface area contributed by atoms with Crippen molar-refractivity contribution in [1.29, 1.82) is 0 Å². The van der Waals surface area contributed by atoms with Crippen molar-refractivity contribution in [3.8, 4) is 11.5 Å². The number of ether oxygens (including phenoxy) is 4. The molecule has 6 unspecified atom stereocenters. The third-order valence-electron chi connectivity index (χ3n) is 8.66. The summed E-state index contributed by atoms with van der Waals surface area (Å²) >= 11 is 0.776. The molecule has 0 spiro atoms. The number of thioether (sulfide) groups is 1. The second-order valence-electron chi connectivity index (χ2n) is 11.6. The molecule has 15 heteroatoms. The van der Waals surface area contributed by atoms with Crippen molar-refractivity contribution < 1.29 is 59.2 Å². The molecule has 2 aliphatic heterocycles. The highest BCUT2D eigenvalue weighted by Gasteiger charge is 2.51. The number of amides is 2. The van der Waals surface area contributed by atoms with E-state index >= 15 is 0 Å². The number of fused-ring (bicyclic) bond motifs is 1. The topological polar surface area (TPSA) is 216 Å². The Balaban J connectivity index is 1.35. The summed E-state index contributed by atoms with van der Waals surface area (Å²) in [5.74, 6) is -1.46. The maximum absolute atomic E-state index is 13.4. The summed E-state index contributed by atoms with van der Waals surface area (Å²) in [6, 6.07) is 14.6. The minimum absolute atomic E-state index is 0.141. The van der Waals surface area contributed by atoms with Gasteiger partial charge >= 0.3 is 0 Å². The number of hydrogen-bond acceptors (Lipinski definition) is 13. The molecule has 0 aliphatic carbocycles. The van der Waals surface area contributed by atoms with Crippen LogP contribution < -0.4 is 20.1 Å². The summed E-state index contributed by atoms with van der Waals surface area (Å²) in [4.78, 5) is 26.6. The monoisotopic (exact) mass is 688 g/mol. The first kappa shape index (κ1) is 35.8. The van der Waals surface area contributed by atoms with Crippen LogP contribution in [-0.4, -0.2) is 130 Å². The lowest BCUT2D eigenvalue weighted by Crippen LogP contribution is -2.65. The van der Waals surface area contributed by atoms with E-state index in [1.807, 2.05) is 24.3 Å². The molecule has 3 aromatic rings. The minimum atomic E-state index is -1.56. The zero-order valence-electron chi connectivity index (χ0n) is 26.2. The number of carbonyl (C=O) groups excluding carboxylic acids is 2. The molecule has 0 bridgehead atoms. The van der Waals surface area contributed by atoms with Crippen molar-refractivity contribution in [1.82, 2.24) is 10.6 Å². The number of aliphatic hydroxyl groups excluding tert-OH is 6. The number of benzene rings is 3. The molecule has 48 heavy (non-hydrogen) atoms. The Labute approximate surface area is 280 Å². The van der Waals surface area contributed by atoms with Crippen LogP contribution in [0.2, 0.25) is 0 Å². The van der Waals surface area contributed by atoms with Gasteiger partial charge in [-0.25, -0.2) is 0 Å². The maximum atomic E-state index is 13.4. The molecule has 8 N–H and O–H groups in total. The van der Waals surface area contributed by atoms with Gasteiger partial charge < -0.3 is 60.2 Å². The lowest BCUT2D eigenvalue weighted by molar-refractivity contribution is -0.170. The fourth-order valence-corrected chi connectivity index (χ4v) is 7.30. The quantitative estimate of drug-likeness (QED) is 0.129. The third kappa shape index (κ3) is 7.54. The molecule has 10 atom stereocenters. The van der Waals surface area contributed by atoms with E-state index in [-0.39, 0.29) is 11.1 Å². The Hall–Kier alpha value is -3.51. The van der Waals surface area contributed by atoms with E-state index in [2.05, 4.69) is 10.6 Å². The highest BCUT2D eigenvalue weighted by Crippen LogP contribution is 2.38. The van der Waals surface area contributed by atoms with Crippen LogP contribution in [0.4, 0.5) is 0 Å². The first-order valence-electron chi connectivity index (χ1n) is 15.3. The van der Waals surface area contributed by atoms with Gasteiger partial charge in [-0.15, -0.1) is 0 Å². The van der Waals surface area contributed by atoms with Crippen LogP contribution in [0.3, 0.4) is 0 Å². The predicted molar refractivity (Wildman–Crippen MR) is 174 cm³/mol. The van der Waals surface area contributed by atoms with Crippen LogP contribution in [0, 0.1) is 5.92 Å². The summed E-state index contributed by atoms with van der Waals surface area (Å²) in [7, 11) is 2.85. The van der Waals surface area contributed by atoms with E-state index in [0.29, 0.717) is 11.5 Å². The van der Waals surface area contributed by atoms with E-state index in [9.17, 15) is 40.2 Å². The number of nitrogens with one attached hydrogen (secondary N) is 2. The van der Waals surface area contributed by atoms with Crippen LogP contribution in [0.25, 0.3) is 10.8 Å². The van der Waals surface area contributed by atoms with Gasteiger partial charge in [-0.1, -0.05) is 42.1 Å². The Kier molecular flexibility index (Phi) is 11.8. The highest BCUT2D eigenvalue weighted by molar-refractivity contribution is 8.00. The van der Waals surface area contributed by atoms with E-state index in [0.717, 1.165) is 22.5 Å². The number of rotatable bonds is 11. The van der Waals surface area contributed by atoms with E-state index in [1.54, 1.807) is 24.3 Å². The second-order valence-corrected chi connectivity index (χ2v) is 12.8. The van der Waals surface area contributed by atoms with Gasteiger partial charge in [-0.3, -0.25) is 9.59 Å². The molecule has 2 saturated heterocycles. The fraction of sp³-hybridized carbons (Fsp3) is 0.455. The molecular formula is C33H40N2O12S. The lowest BCUT2D eigenvalue weighted by Gasteiger charge is -2.47. The zero-order valence-corrected chi connectivity index (χ0v) is 27.0. The predicted octanol–water partition coefficient (Wildman–Crippen LogP) is -0.387. The van der Waals surface area contributed by atoms with Gasteiger partial charge in [0.1, 0.15) is 46.8 Å². The van der Waals surface area contributed by atoms with Gasteiger partial charge in [-0.05, 0) is 35.0 Å². The molecule has 3 aromatic carbocycles. The van der Waals surface area contributed by atoms with E-state index in [1.165, 1.54) is 26.4 Å². The summed E-state index contributed by atoms with van der Waals surface area (Å²) < 4.78 is 22.2. The van der Waals surface area contributed by atoms with Crippen LogP contribution in [-0.2, 0) is 9.47 Å². The number of hydrogen-bond donors (Lipinski definition) is 8. The molecule has 2 heterocycles. The first-order chi connectivity index (χ1) is 23.1. The van der Waals surface area contributed by atoms with E-state index < -0.39 is 91.0 Å². The average Bonchev–Trinajstić information content (AvgIpc) is 3.11. The van der Waals surface area contributed by atoms with Crippen molar-refractivity contribution in [2.24, 2.45) is 5.92 Å². The molecule has 5 rings (SSSR count). The first-order valence-corrected chi connectivity index (χ1v) is 16.2. The summed E-state index contributed by atoms with van der Waals surface area (Å²) in [5, 5.41) is 71.2. The second kappa shape index (κ2) is 15.8. The molecule has 0 radical (unpaired) electrons. The smallest absolute Gasteiger partial charge is 0.251 e. The van der Waals surface area contributed by atoms with Gasteiger partial charge in [0.05, 0.1) is 52.2 Å². The molecule has 2 fully saturated rings. The van der Waals surface area contributed by atoms with Gasteiger partial charge in [0, 0.05) is 23.1 Å². The Morgan fingerprint density at radius 2 is 1.25 bits per heavy atom. The van der Waals surface area contributed by atoms with Crippen molar-refractivity contribution >= 4 is 34.3 Å². The SMILES string of the molecule is COc1cc(OC)cc(C(=O)NC2C(O)[C@H](S[C@@H]3OC(CO)[C@H](O)C(NC(=O)c4ccc5ccccc5c4)C3O)OC(CO)[C@@H]2CO)c1. The van der Waals surface area contributed by atoms with Crippen LogP contribution in [0.15, 0.2) is 60.7 Å². The largest absolute Gasteiger partial charge is 0.497 e. The van der Waals surface area contributed by atoms with Gasteiger partial charge in [-0.2, -0.15) is 0 Å². The lowest BCUT2D eigenvalue weighted by atomic mass is 9.87. The molecule has 2 amide bonds. The normalized spacial score (nSPS) is 30.4. The molecule has 0 aromatic heterocycles. The molecular weight excluding hydrogens is 648 g/mol. The fourth-order valence-electron chi connectivity index (χ4n) is 5.96. The Morgan fingerprint density at radius 3 is 1.85 bits per heavy atom. The van der Waals surface area contributed by atoms with Crippen molar-refractivity contribution in [3.05, 3.63) is 71.8 Å². The van der Waals surface area contributed by atoms with Gasteiger partial charge in [0.25, 0.3) is 11.8 Å². The summed E-state index contributed by atoms with van der Waals surface area (Å²) in [5.41, 5.74) is -2.09. The summed E-state index contributed by atoms with van der Waals surface area (Å²) in [6.07, 6.45) is -6.85. The van der Waals surface area contributed by atoms with Crippen molar-refractivity contribution in [3.63, 3.8) is 0 Å². The zero-order chi connectivity index (χ0) is 34.5. The van der Waals surface area contributed by atoms with Crippen LogP contribution >= 0.6 is 11.8 Å². The van der Waals surface area contributed by atoms with Crippen LogP contribution in [0.5, 0.6) is 11.5 Å². The van der Waals surface area contributed by atoms with Crippen molar-refractivity contribution in [2.45, 2.75) is 53.5 Å². The van der Waals surface area contributed by atoms with Crippen LogP contribution in [0.1, 0.15) is 20.7 Å². The minimum Gasteiger partial charge on any atom is -0.497 e. The molecule has 0 saturated carbocycles. The molecule has 2 aliphatic rings. The Bertz CT molecular complexity index is 1560. The third-order valence-corrected chi connectivity index (χ3v) is 9.98. The van der Waals surface area contributed by atoms with Gasteiger partial charge in [0.15, 0.2) is 0 Å². The average molecular weight is 689 g/mol. The molecule has 260 valence electrons. The summed E-state index contributed by atoms with van der Waals surface area (Å²) in [6.45, 7) is -1.79. The number of methoxy groups -OCH3 is 2.